The average Bonchev–Trinajstić information content (AvgIpc) is 3.53. The number of allylic oxidation sites excluding steroid dienone is 2. The number of carbonyl (C=O) groups is 3. The second-order valence-corrected chi connectivity index (χ2v) is 8.91. The van der Waals surface area contributed by atoms with Gasteiger partial charge in [0.1, 0.15) is 0 Å². The van der Waals surface area contributed by atoms with Gasteiger partial charge in [-0.2, -0.15) is 0 Å². The smallest absolute Gasteiger partial charge is 0.345 e. The number of para-hydroxylation sites is 2. The van der Waals surface area contributed by atoms with Crippen LogP contribution in [-0.4, -0.2) is 17.8 Å². The summed E-state index contributed by atoms with van der Waals surface area (Å²) in [4.78, 5) is 40.7. The van der Waals surface area contributed by atoms with E-state index in [2.05, 4.69) is 12.2 Å². The minimum Gasteiger partial charge on any atom is -0.421 e. The molecule has 1 saturated heterocycles. The third-order valence-corrected chi connectivity index (χ3v) is 7.39. The lowest BCUT2D eigenvalue weighted by atomic mass is 9.63. The summed E-state index contributed by atoms with van der Waals surface area (Å²) in [7, 11) is 0. The Hall–Kier alpha value is -2.92. The number of halogens is 1. The molecule has 1 aliphatic heterocycles. The molecule has 0 unspecified atom stereocenters. The first kappa shape index (κ1) is 17.9. The van der Waals surface area contributed by atoms with Crippen molar-refractivity contribution in [1.82, 2.24) is 0 Å². The van der Waals surface area contributed by atoms with Crippen molar-refractivity contribution in [3.8, 4) is 5.75 Å². The largest absolute Gasteiger partial charge is 0.421 e. The van der Waals surface area contributed by atoms with Gasteiger partial charge in [0.2, 0.25) is 11.8 Å². The molecule has 0 radical (unpaired) electrons. The number of ether oxygens (including phenoxy) is 1. The fraction of sp³-hybridized carbons (Fsp3) is 0.292. The van der Waals surface area contributed by atoms with E-state index in [1.54, 1.807) is 48.5 Å². The van der Waals surface area contributed by atoms with E-state index >= 15 is 0 Å². The van der Waals surface area contributed by atoms with E-state index in [1.165, 1.54) is 4.90 Å². The summed E-state index contributed by atoms with van der Waals surface area (Å²) in [6, 6.07) is 13.3. The first-order valence-corrected chi connectivity index (χ1v) is 10.6. The van der Waals surface area contributed by atoms with Crippen molar-refractivity contribution in [3.05, 3.63) is 71.3 Å². The molecule has 5 aliphatic rings. The third-order valence-electron chi connectivity index (χ3n) is 7.07. The van der Waals surface area contributed by atoms with Crippen molar-refractivity contribution >= 4 is 35.1 Å². The van der Waals surface area contributed by atoms with Crippen LogP contribution in [-0.2, 0) is 9.59 Å². The Morgan fingerprint density at radius 2 is 1.50 bits per heavy atom. The van der Waals surface area contributed by atoms with Crippen LogP contribution >= 0.6 is 11.6 Å². The van der Waals surface area contributed by atoms with Gasteiger partial charge in [-0.15, -0.1) is 0 Å². The van der Waals surface area contributed by atoms with E-state index in [9.17, 15) is 14.4 Å². The highest BCUT2D eigenvalue weighted by Crippen LogP contribution is 2.65. The predicted octanol–water partition coefficient (Wildman–Crippen LogP) is 4.12. The van der Waals surface area contributed by atoms with Crippen LogP contribution in [0.15, 0.2) is 60.7 Å². The fourth-order valence-corrected chi connectivity index (χ4v) is 5.92. The number of benzene rings is 2. The van der Waals surface area contributed by atoms with Crippen LogP contribution in [0, 0.1) is 35.5 Å². The molecule has 150 valence electrons. The molecular formula is C24H18ClNO4. The molecular weight excluding hydrogens is 402 g/mol. The van der Waals surface area contributed by atoms with Crippen molar-refractivity contribution in [3.63, 3.8) is 0 Å². The first-order chi connectivity index (χ1) is 14.6. The van der Waals surface area contributed by atoms with E-state index in [-0.39, 0.29) is 51.8 Å². The normalized spacial score (nSPS) is 32.8. The number of nitrogens with zero attached hydrogens (tertiary/aromatic N) is 1. The van der Waals surface area contributed by atoms with Gasteiger partial charge < -0.3 is 4.74 Å². The molecule has 1 heterocycles. The molecule has 2 aromatic carbocycles. The number of amides is 2. The first-order valence-electron chi connectivity index (χ1n) is 10.2. The Kier molecular flexibility index (Phi) is 3.75. The molecule has 2 amide bonds. The Balaban J connectivity index is 1.35. The number of anilines is 1. The fourth-order valence-electron chi connectivity index (χ4n) is 5.70. The third kappa shape index (κ3) is 2.39. The molecule has 6 atom stereocenters. The molecule has 5 nitrogen and oxygen atoms in total. The maximum absolute atomic E-state index is 13.4. The lowest BCUT2D eigenvalue weighted by Crippen LogP contribution is -2.40. The highest BCUT2D eigenvalue weighted by molar-refractivity contribution is 6.33. The van der Waals surface area contributed by atoms with Crippen LogP contribution in [0.25, 0.3) is 0 Å². The molecule has 2 saturated carbocycles. The summed E-state index contributed by atoms with van der Waals surface area (Å²) < 4.78 is 5.59. The minimum atomic E-state index is -0.632. The Morgan fingerprint density at radius 1 is 0.900 bits per heavy atom. The number of hydrogen-bond acceptors (Lipinski definition) is 4. The van der Waals surface area contributed by atoms with E-state index in [0.717, 1.165) is 6.42 Å². The van der Waals surface area contributed by atoms with Crippen molar-refractivity contribution in [2.24, 2.45) is 35.5 Å². The zero-order valence-corrected chi connectivity index (χ0v) is 16.7. The van der Waals surface area contributed by atoms with E-state index in [0.29, 0.717) is 17.5 Å². The van der Waals surface area contributed by atoms with Gasteiger partial charge in [-0.05, 0) is 54.4 Å². The topological polar surface area (TPSA) is 63.7 Å². The van der Waals surface area contributed by atoms with Gasteiger partial charge in [-0.25, -0.2) is 9.69 Å². The predicted molar refractivity (Wildman–Crippen MR) is 110 cm³/mol. The number of imide groups is 1. The summed E-state index contributed by atoms with van der Waals surface area (Å²) in [5, 5.41) is 0.279. The van der Waals surface area contributed by atoms with Crippen molar-refractivity contribution < 1.29 is 19.1 Å². The second-order valence-electron chi connectivity index (χ2n) is 8.50. The Bertz CT molecular complexity index is 1110. The molecule has 0 spiro atoms. The lowest BCUT2D eigenvalue weighted by molar-refractivity contribution is -0.124. The standard InChI is InChI=1S/C24H18ClNO4/c25-17-6-2-1-5-14(17)24(29)30-19-8-4-3-7-18(19)26-22(27)20-12-9-10-13(16-11-15(12)16)21(20)23(26)28/h1-10,12-13,15-16,20-21H,11H2/t12-,13-,15-,16+,20-,21+/m0/s1. The van der Waals surface area contributed by atoms with Crippen LogP contribution in [0.1, 0.15) is 16.8 Å². The van der Waals surface area contributed by atoms with Crippen LogP contribution in [0.2, 0.25) is 5.02 Å². The van der Waals surface area contributed by atoms with Gasteiger partial charge in [0, 0.05) is 0 Å². The van der Waals surface area contributed by atoms with Gasteiger partial charge in [0.15, 0.2) is 5.75 Å². The Labute approximate surface area is 178 Å². The van der Waals surface area contributed by atoms with Gasteiger partial charge in [0.25, 0.3) is 0 Å². The lowest BCUT2D eigenvalue weighted by Gasteiger charge is -2.37. The SMILES string of the molecule is O=C(Oc1ccccc1N1C(=O)[C@@H]2[C@H]3C=C[C@@H]([C@@H]4C[C@H]34)[C@@H]2C1=O)c1ccccc1Cl. The Morgan fingerprint density at radius 3 is 2.17 bits per heavy atom. The van der Waals surface area contributed by atoms with Crippen LogP contribution in [0.3, 0.4) is 0 Å². The second kappa shape index (κ2) is 6.29. The summed E-state index contributed by atoms with van der Waals surface area (Å²) in [5.41, 5.74) is 0.541. The van der Waals surface area contributed by atoms with Gasteiger partial charge in [0.05, 0.1) is 28.1 Å². The van der Waals surface area contributed by atoms with Gasteiger partial charge >= 0.3 is 5.97 Å². The highest BCUT2D eigenvalue weighted by atomic mass is 35.5. The maximum Gasteiger partial charge on any atom is 0.345 e. The van der Waals surface area contributed by atoms with E-state index in [1.807, 2.05) is 0 Å². The van der Waals surface area contributed by atoms with Crippen LogP contribution < -0.4 is 9.64 Å². The zero-order valence-electron chi connectivity index (χ0n) is 15.9. The highest BCUT2D eigenvalue weighted by Gasteiger charge is 2.67. The molecule has 2 bridgehead atoms. The summed E-state index contributed by atoms with van der Waals surface area (Å²) in [6.07, 6.45) is 5.39. The number of hydrogen-bond donors (Lipinski definition) is 0. The molecule has 30 heavy (non-hydrogen) atoms. The van der Waals surface area contributed by atoms with Crippen molar-refractivity contribution in [2.75, 3.05) is 4.90 Å². The molecule has 6 heteroatoms. The van der Waals surface area contributed by atoms with Crippen molar-refractivity contribution in [2.45, 2.75) is 6.42 Å². The number of esters is 1. The van der Waals surface area contributed by atoms with Crippen molar-refractivity contribution in [1.29, 1.82) is 0 Å². The molecule has 2 aromatic rings. The maximum atomic E-state index is 13.4. The monoisotopic (exact) mass is 419 g/mol. The number of rotatable bonds is 3. The molecule has 0 N–H and O–H groups in total. The molecule has 7 rings (SSSR count). The molecule has 4 aliphatic carbocycles. The zero-order chi connectivity index (χ0) is 20.6. The average molecular weight is 420 g/mol. The number of carbonyl (C=O) groups excluding carboxylic acids is 3. The van der Waals surface area contributed by atoms with E-state index in [4.69, 9.17) is 16.3 Å². The van der Waals surface area contributed by atoms with Crippen LogP contribution in [0.5, 0.6) is 5.75 Å². The van der Waals surface area contributed by atoms with Crippen LogP contribution in [0.4, 0.5) is 5.69 Å². The van der Waals surface area contributed by atoms with Gasteiger partial charge in [-0.3, -0.25) is 9.59 Å². The van der Waals surface area contributed by atoms with E-state index < -0.39 is 5.97 Å². The quantitative estimate of drug-likeness (QED) is 0.325. The molecule has 3 fully saturated rings. The molecule has 0 aromatic heterocycles. The summed E-state index contributed by atoms with van der Waals surface area (Å²) in [6.45, 7) is 0. The minimum absolute atomic E-state index is 0.143. The summed E-state index contributed by atoms with van der Waals surface area (Å²) in [5.74, 6) is -0.0779. The van der Waals surface area contributed by atoms with Gasteiger partial charge in [-0.1, -0.05) is 48.0 Å². The summed E-state index contributed by atoms with van der Waals surface area (Å²) >= 11 is 6.11.